The maximum atomic E-state index is 13.7. The average molecular weight is 476 g/mol. The number of methoxy groups -OCH3 is 1. The van der Waals surface area contributed by atoms with Gasteiger partial charge in [-0.2, -0.15) is 5.10 Å². The summed E-state index contributed by atoms with van der Waals surface area (Å²) >= 11 is 1.23. The minimum atomic E-state index is -0.411. The highest BCUT2D eigenvalue weighted by Gasteiger charge is 2.17. The first-order valence-electron chi connectivity index (χ1n) is 10.4. The highest BCUT2D eigenvalue weighted by atomic mass is 32.2. The summed E-state index contributed by atoms with van der Waals surface area (Å²) < 4.78 is 20.8. The van der Waals surface area contributed by atoms with Gasteiger partial charge in [0.05, 0.1) is 19.1 Å². The number of rotatable bonds is 8. The van der Waals surface area contributed by atoms with Gasteiger partial charge in [-0.05, 0) is 37.3 Å². The van der Waals surface area contributed by atoms with Gasteiger partial charge in [0.15, 0.2) is 11.0 Å². The van der Waals surface area contributed by atoms with Crippen molar-refractivity contribution in [1.29, 1.82) is 0 Å². The van der Waals surface area contributed by atoms with Gasteiger partial charge in [0.1, 0.15) is 11.6 Å². The molecule has 0 unspecified atom stereocenters. The number of ether oxygens (including phenoxy) is 1. The molecule has 4 rings (SSSR count). The van der Waals surface area contributed by atoms with E-state index in [1.165, 1.54) is 24.0 Å². The van der Waals surface area contributed by atoms with E-state index in [1.807, 2.05) is 60.0 Å². The second-order valence-corrected chi connectivity index (χ2v) is 8.25. The molecule has 172 valence electrons. The molecular weight excluding hydrogens is 453 g/mol. The zero-order valence-electron chi connectivity index (χ0n) is 18.6. The molecular formula is C25H22FN5O2S. The van der Waals surface area contributed by atoms with Crippen LogP contribution in [0.3, 0.4) is 0 Å². The van der Waals surface area contributed by atoms with Gasteiger partial charge in [0, 0.05) is 16.8 Å². The van der Waals surface area contributed by atoms with E-state index in [-0.39, 0.29) is 17.2 Å². The number of halogens is 1. The van der Waals surface area contributed by atoms with E-state index in [2.05, 4.69) is 20.7 Å². The first kappa shape index (κ1) is 23.2. The Morgan fingerprint density at radius 2 is 1.82 bits per heavy atom. The molecule has 0 spiro atoms. The van der Waals surface area contributed by atoms with Gasteiger partial charge in [0.2, 0.25) is 0 Å². The lowest BCUT2D eigenvalue weighted by Gasteiger charge is -2.11. The zero-order chi connectivity index (χ0) is 23.9. The van der Waals surface area contributed by atoms with E-state index >= 15 is 0 Å². The molecule has 1 aromatic heterocycles. The maximum absolute atomic E-state index is 13.7. The number of aromatic nitrogens is 3. The van der Waals surface area contributed by atoms with E-state index in [9.17, 15) is 9.18 Å². The van der Waals surface area contributed by atoms with Gasteiger partial charge in [-0.1, -0.05) is 59.8 Å². The second kappa shape index (κ2) is 10.8. The Morgan fingerprint density at radius 3 is 2.53 bits per heavy atom. The van der Waals surface area contributed by atoms with Gasteiger partial charge in [-0.15, -0.1) is 10.2 Å². The van der Waals surface area contributed by atoms with Crippen molar-refractivity contribution in [3.05, 3.63) is 89.7 Å². The number of carbonyl (C=O) groups excluding carboxylic acids is 1. The molecule has 9 heteroatoms. The number of thioether (sulfide) groups is 1. The van der Waals surface area contributed by atoms with Crippen molar-refractivity contribution in [2.45, 2.75) is 12.1 Å². The van der Waals surface area contributed by atoms with Crippen molar-refractivity contribution in [2.75, 3.05) is 12.9 Å². The van der Waals surface area contributed by atoms with E-state index in [4.69, 9.17) is 4.74 Å². The summed E-state index contributed by atoms with van der Waals surface area (Å²) in [6.45, 7) is 2.02. The van der Waals surface area contributed by atoms with E-state index in [0.29, 0.717) is 11.0 Å². The number of hydrazone groups is 1. The molecule has 0 aliphatic carbocycles. The first-order valence-corrected chi connectivity index (χ1v) is 11.4. The Kier molecular flexibility index (Phi) is 7.34. The van der Waals surface area contributed by atoms with Crippen molar-refractivity contribution in [3.63, 3.8) is 0 Å². The minimum Gasteiger partial charge on any atom is -0.497 e. The van der Waals surface area contributed by atoms with Crippen LogP contribution in [0.25, 0.3) is 17.1 Å². The fraction of sp³-hybridized carbons (Fsp3) is 0.120. The minimum absolute atomic E-state index is 0.0524. The highest BCUT2D eigenvalue weighted by Crippen LogP contribution is 2.29. The molecule has 7 nitrogen and oxygen atoms in total. The second-order valence-electron chi connectivity index (χ2n) is 7.31. The molecule has 1 amide bonds. The van der Waals surface area contributed by atoms with Crippen LogP contribution in [0.15, 0.2) is 83.1 Å². The van der Waals surface area contributed by atoms with Crippen LogP contribution in [0.2, 0.25) is 0 Å². The van der Waals surface area contributed by atoms with Gasteiger partial charge in [-0.3, -0.25) is 9.36 Å². The predicted octanol–water partition coefficient (Wildman–Crippen LogP) is 4.63. The molecule has 34 heavy (non-hydrogen) atoms. The van der Waals surface area contributed by atoms with Crippen LogP contribution in [-0.4, -0.2) is 39.7 Å². The third-order valence-corrected chi connectivity index (χ3v) is 5.83. The van der Waals surface area contributed by atoms with Crippen molar-refractivity contribution in [3.8, 4) is 22.8 Å². The molecule has 0 radical (unpaired) electrons. The van der Waals surface area contributed by atoms with Crippen molar-refractivity contribution in [1.82, 2.24) is 20.2 Å². The number of hydrogen-bond donors (Lipinski definition) is 1. The predicted molar refractivity (Wildman–Crippen MR) is 131 cm³/mol. The lowest BCUT2D eigenvalue weighted by molar-refractivity contribution is -0.118. The molecule has 0 aliphatic heterocycles. The Bertz CT molecular complexity index is 1300. The fourth-order valence-electron chi connectivity index (χ4n) is 3.13. The lowest BCUT2D eigenvalue weighted by atomic mass is 10.1. The number of amides is 1. The summed E-state index contributed by atoms with van der Waals surface area (Å²) in [5, 5.41) is 13.1. The molecule has 1 N–H and O–H groups in total. The molecule has 4 aromatic rings. The number of hydrogen-bond acceptors (Lipinski definition) is 6. The van der Waals surface area contributed by atoms with Crippen LogP contribution in [0, 0.1) is 12.7 Å². The van der Waals surface area contributed by atoms with Gasteiger partial charge in [-0.25, -0.2) is 9.82 Å². The SMILES string of the molecule is COc1ccc(-n2c(SCC(=O)N/N=C/c3ccccc3F)nnc2-c2ccc(C)cc2)cc1. The number of aryl methyl sites for hydroxylation is 1. The monoisotopic (exact) mass is 475 g/mol. The van der Waals surface area contributed by atoms with Crippen molar-refractivity contribution < 1.29 is 13.9 Å². The number of nitrogens with zero attached hydrogens (tertiary/aromatic N) is 4. The van der Waals surface area contributed by atoms with E-state index < -0.39 is 5.82 Å². The smallest absolute Gasteiger partial charge is 0.250 e. The molecule has 1 heterocycles. The van der Waals surface area contributed by atoms with Crippen LogP contribution >= 0.6 is 11.8 Å². The molecule has 0 bridgehead atoms. The van der Waals surface area contributed by atoms with Gasteiger partial charge >= 0.3 is 0 Å². The summed E-state index contributed by atoms with van der Waals surface area (Å²) in [5.74, 6) is 0.682. The van der Waals surface area contributed by atoms with Gasteiger partial charge < -0.3 is 4.74 Å². The normalized spacial score (nSPS) is 11.0. The summed E-state index contributed by atoms with van der Waals surface area (Å²) in [6.07, 6.45) is 1.27. The molecule has 0 saturated heterocycles. The van der Waals surface area contributed by atoms with Crippen LogP contribution in [-0.2, 0) is 4.79 Å². The summed E-state index contributed by atoms with van der Waals surface area (Å²) in [6, 6.07) is 21.7. The highest BCUT2D eigenvalue weighted by molar-refractivity contribution is 7.99. The zero-order valence-corrected chi connectivity index (χ0v) is 19.4. The van der Waals surface area contributed by atoms with Crippen LogP contribution < -0.4 is 10.2 Å². The summed E-state index contributed by atoms with van der Waals surface area (Å²) in [5.41, 5.74) is 5.58. The molecule has 0 aliphatic rings. The van der Waals surface area contributed by atoms with Crippen molar-refractivity contribution >= 4 is 23.9 Å². The van der Waals surface area contributed by atoms with Crippen molar-refractivity contribution in [2.24, 2.45) is 5.10 Å². The van der Waals surface area contributed by atoms with Crippen LogP contribution in [0.1, 0.15) is 11.1 Å². The third-order valence-electron chi connectivity index (χ3n) is 4.90. The summed E-state index contributed by atoms with van der Waals surface area (Å²) in [7, 11) is 1.61. The Hall–Kier alpha value is -3.98. The Balaban J connectivity index is 1.53. The molecule has 0 atom stereocenters. The standard InChI is InChI=1S/C25H22FN5O2S/c1-17-7-9-18(10-8-17)24-29-30-25(31(24)20-11-13-21(33-2)14-12-20)34-16-23(32)28-27-15-19-5-3-4-6-22(19)26/h3-15H,16H2,1-2H3,(H,28,32)/b27-15+. The number of benzene rings is 3. The summed E-state index contributed by atoms with van der Waals surface area (Å²) in [4.78, 5) is 12.3. The van der Waals surface area contributed by atoms with E-state index in [1.54, 1.807) is 25.3 Å². The molecule has 3 aromatic carbocycles. The fourth-order valence-corrected chi connectivity index (χ4v) is 3.88. The number of nitrogens with one attached hydrogen (secondary N) is 1. The average Bonchev–Trinajstić information content (AvgIpc) is 3.28. The maximum Gasteiger partial charge on any atom is 0.250 e. The molecule has 0 saturated carbocycles. The van der Waals surface area contributed by atoms with Crippen LogP contribution in [0.4, 0.5) is 4.39 Å². The first-order chi connectivity index (χ1) is 16.5. The lowest BCUT2D eigenvalue weighted by Crippen LogP contribution is -2.20. The largest absolute Gasteiger partial charge is 0.497 e. The van der Waals surface area contributed by atoms with Gasteiger partial charge in [0.25, 0.3) is 5.91 Å². The quantitative estimate of drug-likeness (QED) is 0.228. The third kappa shape index (κ3) is 5.49. The van der Waals surface area contributed by atoms with Crippen LogP contribution in [0.5, 0.6) is 5.75 Å². The Labute approximate surface area is 200 Å². The topological polar surface area (TPSA) is 81.4 Å². The number of carbonyl (C=O) groups is 1. The van der Waals surface area contributed by atoms with E-state index in [0.717, 1.165) is 22.6 Å². The Morgan fingerprint density at radius 1 is 1.09 bits per heavy atom. The molecule has 0 fully saturated rings.